The molecule has 0 heterocycles. The molecule has 0 atom stereocenters. The third-order valence-corrected chi connectivity index (χ3v) is 2.48. The highest BCUT2D eigenvalue weighted by molar-refractivity contribution is 9.10. The maximum absolute atomic E-state index is 13.4. The highest BCUT2D eigenvalue weighted by Crippen LogP contribution is 2.19. The lowest BCUT2D eigenvalue weighted by Gasteiger charge is -2.07. The summed E-state index contributed by atoms with van der Waals surface area (Å²) in [5, 5.41) is 4.75. The Bertz CT molecular complexity index is 457. The van der Waals surface area contributed by atoms with Crippen molar-refractivity contribution < 1.29 is 18.4 Å². The molecule has 4 nitrogen and oxygen atoms in total. The molecule has 0 fully saturated rings. The fraction of sp³-hybridized carbons (Fsp3) is 0.273. The van der Waals surface area contributed by atoms with Gasteiger partial charge in [0.2, 0.25) is 5.91 Å². The summed E-state index contributed by atoms with van der Waals surface area (Å²) in [6, 6.07) is 2.01. The topological polar surface area (TPSA) is 58.2 Å². The van der Waals surface area contributed by atoms with Gasteiger partial charge in [0.15, 0.2) is 0 Å². The number of nitrogens with one attached hydrogen (secondary N) is 2. The van der Waals surface area contributed by atoms with Crippen molar-refractivity contribution in [3.05, 3.63) is 33.8 Å². The van der Waals surface area contributed by atoms with E-state index in [4.69, 9.17) is 0 Å². The molecule has 0 aliphatic heterocycles. The maximum Gasteiger partial charge on any atom is 0.257 e. The lowest BCUT2D eigenvalue weighted by atomic mass is 10.2. The normalized spacial score (nSPS) is 10.0. The molecule has 2 amide bonds. The van der Waals surface area contributed by atoms with Crippen LogP contribution >= 0.6 is 15.9 Å². The monoisotopic (exact) mass is 320 g/mol. The van der Waals surface area contributed by atoms with Gasteiger partial charge >= 0.3 is 0 Å². The highest BCUT2D eigenvalue weighted by atomic mass is 79.9. The van der Waals surface area contributed by atoms with E-state index in [9.17, 15) is 18.4 Å². The van der Waals surface area contributed by atoms with E-state index in [1.807, 2.05) is 0 Å². The molecule has 0 unspecified atom stereocenters. The lowest BCUT2D eigenvalue weighted by molar-refractivity contribution is -0.118. The van der Waals surface area contributed by atoms with Crippen LogP contribution in [0.5, 0.6) is 0 Å². The number of carbonyl (C=O) groups is 2. The summed E-state index contributed by atoms with van der Waals surface area (Å²) in [6.45, 7) is 1.62. The molecule has 0 aliphatic carbocycles. The van der Waals surface area contributed by atoms with Gasteiger partial charge in [0.25, 0.3) is 5.91 Å². The van der Waals surface area contributed by atoms with E-state index in [2.05, 4.69) is 26.6 Å². The molecule has 1 aromatic rings. The molecular formula is C11H11BrF2N2O2. The predicted molar refractivity (Wildman–Crippen MR) is 65.1 cm³/mol. The van der Waals surface area contributed by atoms with E-state index in [1.165, 1.54) is 6.92 Å². The second kappa shape index (κ2) is 6.44. The average molecular weight is 321 g/mol. The molecule has 1 aromatic carbocycles. The summed E-state index contributed by atoms with van der Waals surface area (Å²) in [6.07, 6.45) is 0. The van der Waals surface area contributed by atoms with Crippen LogP contribution in [0, 0.1) is 11.6 Å². The summed E-state index contributed by atoms with van der Waals surface area (Å²) in [5.41, 5.74) is -0.638. The Morgan fingerprint density at radius 2 is 1.67 bits per heavy atom. The maximum atomic E-state index is 13.4. The van der Waals surface area contributed by atoms with Gasteiger partial charge in [-0.2, -0.15) is 0 Å². The van der Waals surface area contributed by atoms with Crippen LogP contribution in [-0.4, -0.2) is 24.9 Å². The summed E-state index contributed by atoms with van der Waals surface area (Å²) in [4.78, 5) is 22.1. The van der Waals surface area contributed by atoms with Crippen molar-refractivity contribution in [3.63, 3.8) is 0 Å². The van der Waals surface area contributed by atoms with Gasteiger partial charge in [-0.15, -0.1) is 0 Å². The zero-order valence-corrected chi connectivity index (χ0v) is 11.1. The third kappa shape index (κ3) is 4.06. The van der Waals surface area contributed by atoms with Gasteiger partial charge in [0.05, 0.1) is 0 Å². The fourth-order valence-electron chi connectivity index (χ4n) is 1.26. The molecule has 7 heteroatoms. The standard InChI is InChI=1S/C11H11BrF2N2O2/c1-6(17)15-2-3-16-11(18)10-8(13)4-7(12)5-9(10)14/h4-5H,2-3H2,1H3,(H,15,17)(H,16,18). The molecule has 0 aromatic heterocycles. The van der Waals surface area contributed by atoms with Gasteiger partial charge in [0, 0.05) is 24.5 Å². The van der Waals surface area contributed by atoms with Gasteiger partial charge < -0.3 is 10.6 Å². The first-order chi connectivity index (χ1) is 8.41. The van der Waals surface area contributed by atoms with E-state index in [0.29, 0.717) is 0 Å². The lowest BCUT2D eigenvalue weighted by Crippen LogP contribution is -2.34. The van der Waals surface area contributed by atoms with Crippen molar-refractivity contribution in [1.29, 1.82) is 0 Å². The number of hydrogen-bond donors (Lipinski definition) is 2. The molecule has 98 valence electrons. The predicted octanol–water partition coefficient (Wildman–Crippen LogP) is 1.59. The molecule has 2 N–H and O–H groups in total. The van der Waals surface area contributed by atoms with Crippen LogP contribution in [0.25, 0.3) is 0 Å². The number of hydrogen-bond acceptors (Lipinski definition) is 2. The zero-order valence-electron chi connectivity index (χ0n) is 9.52. The molecule has 0 aliphatic rings. The minimum absolute atomic E-state index is 0.0906. The first-order valence-electron chi connectivity index (χ1n) is 5.09. The Kier molecular flexibility index (Phi) is 5.21. The van der Waals surface area contributed by atoms with Crippen LogP contribution in [0.4, 0.5) is 8.78 Å². The Balaban J connectivity index is 2.65. The molecule has 0 saturated carbocycles. The van der Waals surface area contributed by atoms with Crippen LogP contribution in [0.15, 0.2) is 16.6 Å². The van der Waals surface area contributed by atoms with Crippen molar-refractivity contribution in [2.75, 3.05) is 13.1 Å². The molecule has 0 spiro atoms. The fourth-order valence-corrected chi connectivity index (χ4v) is 1.66. The second-order valence-corrected chi connectivity index (χ2v) is 4.40. The van der Waals surface area contributed by atoms with Crippen LogP contribution in [0.2, 0.25) is 0 Å². The highest BCUT2D eigenvalue weighted by Gasteiger charge is 2.17. The Morgan fingerprint density at radius 3 is 2.17 bits per heavy atom. The summed E-state index contributed by atoms with van der Waals surface area (Å²) < 4.78 is 27.0. The van der Waals surface area contributed by atoms with Crippen molar-refractivity contribution in [3.8, 4) is 0 Å². The Hall–Kier alpha value is -1.50. The van der Waals surface area contributed by atoms with E-state index in [-0.39, 0.29) is 23.5 Å². The van der Waals surface area contributed by atoms with Gasteiger partial charge in [0.1, 0.15) is 17.2 Å². The van der Waals surface area contributed by atoms with Crippen LogP contribution < -0.4 is 10.6 Å². The zero-order chi connectivity index (χ0) is 13.7. The van der Waals surface area contributed by atoms with Crippen molar-refractivity contribution in [2.24, 2.45) is 0 Å². The number of carbonyl (C=O) groups excluding carboxylic acids is 2. The van der Waals surface area contributed by atoms with Crippen LogP contribution in [0.3, 0.4) is 0 Å². The molecule has 0 saturated heterocycles. The van der Waals surface area contributed by atoms with Gasteiger partial charge in [-0.3, -0.25) is 9.59 Å². The van der Waals surface area contributed by atoms with Crippen molar-refractivity contribution in [1.82, 2.24) is 10.6 Å². The van der Waals surface area contributed by atoms with Gasteiger partial charge in [-0.1, -0.05) is 15.9 Å². The molecule has 0 bridgehead atoms. The van der Waals surface area contributed by atoms with Crippen molar-refractivity contribution >= 4 is 27.7 Å². The quantitative estimate of drug-likeness (QED) is 0.828. The van der Waals surface area contributed by atoms with E-state index < -0.39 is 23.1 Å². The van der Waals surface area contributed by atoms with E-state index in [1.54, 1.807) is 0 Å². The minimum Gasteiger partial charge on any atom is -0.355 e. The average Bonchev–Trinajstić information content (AvgIpc) is 2.22. The molecular weight excluding hydrogens is 310 g/mol. The van der Waals surface area contributed by atoms with Gasteiger partial charge in [-0.05, 0) is 12.1 Å². The third-order valence-electron chi connectivity index (χ3n) is 2.02. The van der Waals surface area contributed by atoms with E-state index >= 15 is 0 Å². The Labute approximate surface area is 111 Å². The first kappa shape index (κ1) is 14.6. The molecule has 1 rings (SSSR count). The van der Waals surface area contributed by atoms with Crippen LogP contribution in [-0.2, 0) is 4.79 Å². The Morgan fingerprint density at radius 1 is 1.17 bits per heavy atom. The first-order valence-corrected chi connectivity index (χ1v) is 5.88. The van der Waals surface area contributed by atoms with Crippen LogP contribution in [0.1, 0.15) is 17.3 Å². The summed E-state index contributed by atoms with van der Waals surface area (Å²) in [7, 11) is 0. The number of benzene rings is 1. The van der Waals surface area contributed by atoms with Gasteiger partial charge in [-0.25, -0.2) is 8.78 Å². The van der Waals surface area contributed by atoms with E-state index in [0.717, 1.165) is 12.1 Å². The molecule has 18 heavy (non-hydrogen) atoms. The number of halogens is 3. The minimum atomic E-state index is -0.945. The summed E-state index contributed by atoms with van der Waals surface area (Å²) in [5.74, 6) is -2.99. The molecule has 0 radical (unpaired) electrons. The number of amides is 2. The largest absolute Gasteiger partial charge is 0.355 e. The smallest absolute Gasteiger partial charge is 0.257 e. The summed E-state index contributed by atoms with van der Waals surface area (Å²) >= 11 is 2.92. The second-order valence-electron chi connectivity index (χ2n) is 3.48. The SMILES string of the molecule is CC(=O)NCCNC(=O)c1c(F)cc(Br)cc1F. The number of rotatable bonds is 4. The van der Waals surface area contributed by atoms with Crippen molar-refractivity contribution in [2.45, 2.75) is 6.92 Å².